The van der Waals surface area contributed by atoms with Gasteiger partial charge in [-0.1, -0.05) is 13.8 Å². The van der Waals surface area contributed by atoms with Gasteiger partial charge in [0.05, 0.1) is 0 Å². The van der Waals surface area contributed by atoms with Gasteiger partial charge in [0.1, 0.15) is 6.17 Å². The van der Waals surface area contributed by atoms with E-state index in [0.29, 0.717) is 6.42 Å². The number of halogens is 1. The molecule has 0 aliphatic rings. The van der Waals surface area contributed by atoms with Crippen molar-refractivity contribution in [2.24, 2.45) is 0 Å². The SMILES string of the molecule is C[CH]C(F)CC. The Morgan fingerprint density at radius 1 is 1.83 bits per heavy atom. The van der Waals surface area contributed by atoms with Gasteiger partial charge >= 0.3 is 0 Å². The van der Waals surface area contributed by atoms with Crippen LogP contribution in [0.4, 0.5) is 4.39 Å². The van der Waals surface area contributed by atoms with Crippen molar-refractivity contribution in [1.29, 1.82) is 0 Å². The van der Waals surface area contributed by atoms with Crippen molar-refractivity contribution in [1.82, 2.24) is 0 Å². The summed E-state index contributed by atoms with van der Waals surface area (Å²) in [5, 5.41) is 0. The van der Waals surface area contributed by atoms with Gasteiger partial charge in [0.25, 0.3) is 0 Å². The van der Waals surface area contributed by atoms with Gasteiger partial charge in [-0.3, -0.25) is 0 Å². The topological polar surface area (TPSA) is 0 Å². The van der Waals surface area contributed by atoms with Crippen LogP contribution >= 0.6 is 0 Å². The van der Waals surface area contributed by atoms with E-state index in [-0.39, 0.29) is 0 Å². The first-order chi connectivity index (χ1) is 2.81. The standard InChI is InChI=1S/C5H10F/c1-3-5(6)4-2/h3,5H,4H2,1-2H3. The van der Waals surface area contributed by atoms with E-state index in [2.05, 4.69) is 0 Å². The smallest absolute Gasteiger partial charge is 0.103 e. The molecule has 0 fully saturated rings. The van der Waals surface area contributed by atoms with Gasteiger partial charge < -0.3 is 0 Å². The molecule has 0 aromatic heterocycles. The summed E-state index contributed by atoms with van der Waals surface area (Å²) in [6.07, 6.45) is 1.47. The van der Waals surface area contributed by atoms with Crippen molar-refractivity contribution < 1.29 is 4.39 Å². The molecule has 0 N–H and O–H groups in total. The van der Waals surface area contributed by atoms with Crippen LogP contribution in [0.1, 0.15) is 20.3 Å². The van der Waals surface area contributed by atoms with E-state index < -0.39 is 6.17 Å². The molecule has 0 aromatic rings. The Bertz CT molecular complexity index is 23.1. The second-order valence-electron chi connectivity index (χ2n) is 1.26. The molecular weight excluding hydrogens is 79.1 g/mol. The molecule has 1 radical (unpaired) electrons. The summed E-state index contributed by atoms with van der Waals surface area (Å²) in [6.45, 7) is 3.55. The lowest BCUT2D eigenvalue weighted by Crippen LogP contribution is -1.92. The minimum atomic E-state index is -0.690. The first kappa shape index (κ1) is 5.93. The molecular formula is C5H10F. The quantitative estimate of drug-likeness (QED) is 0.485. The maximum Gasteiger partial charge on any atom is 0.103 e. The molecule has 0 saturated carbocycles. The minimum absolute atomic E-state index is 0.608. The van der Waals surface area contributed by atoms with Crippen LogP contribution in [0.2, 0.25) is 0 Å². The summed E-state index contributed by atoms with van der Waals surface area (Å²) < 4.78 is 11.8. The van der Waals surface area contributed by atoms with Crippen molar-refractivity contribution in [3.8, 4) is 0 Å². The van der Waals surface area contributed by atoms with Crippen LogP contribution in [0.3, 0.4) is 0 Å². The van der Waals surface area contributed by atoms with Crippen LogP contribution in [-0.4, -0.2) is 6.17 Å². The van der Waals surface area contributed by atoms with Crippen LogP contribution in [0, 0.1) is 6.42 Å². The molecule has 0 heterocycles. The van der Waals surface area contributed by atoms with Crippen molar-refractivity contribution in [2.45, 2.75) is 26.4 Å². The highest BCUT2D eigenvalue weighted by Gasteiger charge is 1.94. The van der Waals surface area contributed by atoms with Crippen LogP contribution < -0.4 is 0 Å². The molecule has 1 unspecified atom stereocenters. The summed E-state index contributed by atoms with van der Waals surface area (Å²) in [5.41, 5.74) is 0. The predicted octanol–water partition coefficient (Wildman–Crippen LogP) is 1.96. The Labute approximate surface area is 38.4 Å². The number of rotatable bonds is 2. The normalized spacial score (nSPS) is 10.0. The maximum absolute atomic E-state index is 11.8. The molecule has 0 amide bonds. The maximum atomic E-state index is 11.8. The highest BCUT2D eigenvalue weighted by atomic mass is 19.1. The third-order valence-corrected chi connectivity index (χ3v) is 0.752. The fourth-order valence-corrected chi connectivity index (χ4v) is 0.236. The number of alkyl halides is 1. The van der Waals surface area contributed by atoms with Gasteiger partial charge in [0.2, 0.25) is 0 Å². The van der Waals surface area contributed by atoms with Gasteiger partial charge in [0.15, 0.2) is 0 Å². The monoisotopic (exact) mass is 89.1 g/mol. The molecule has 1 heteroatoms. The molecule has 37 valence electrons. The molecule has 0 aliphatic heterocycles. The first-order valence-electron chi connectivity index (χ1n) is 2.24. The van der Waals surface area contributed by atoms with E-state index >= 15 is 0 Å². The Kier molecular flexibility index (Phi) is 3.10. The van der Waals surface area contributed by atoms with Crippen LogP contribution in [-0.2, 0) is 0 Å². The molecule has 6 heavy (non-hydrogen) atoms. The molecule has 0 rings (SSSR count). The van der Waals surface area contributed by atoms with Gasteiger partial charge in [-0.05, 0) is 12.8 Å². The third kappa shape index (κ3) is 2.18. The van der Waals surface area contributed by atoms with E-state index in [9.17, 15) is 4.39 Å². The summed E-state index contributed by atoms with van der Waals surface area (Å²) in [6, 6.07) is 0. The average Bonchev–Trinajstić information content (AvgIpc) is 1.65. The molecule has 0 aromatic carbocycles. The molecule has 1 atom stereocenters. The van der Waals surface area contributed by atoms with Crippen molar-refractivity contribution in [2.75, 3.05) is 0 Å². The zero-order valence-electron chi connectivity index (χ0n) is 4.24. The lowest BCUT2D eigenvalue weighted by Gasteiger charge is -1.93. The van der Waals surface area contributed by atoms with Crippen LogP contribution in [0.25, 0.3) is 0 Å². The third-order valence-electron chi connectivity index (χ3n) is 0.752. The van der Waals surface area contributed by atoms with E-state index in [1.54, 1.807) is 13.3 Å². The van der Waals surface area contributed by atoms with Gasteiger partial charge in [-0.25, -0.2) is 4.39 Å². The highest BCUT2D eigenvalue weighted by Crippen LogP contribution is 1.97. The largest absolute Gasteiger partial charge is 0.247 e. The Morgan fingerprint density at radius 3 is 2.33 bits per heavy atom. The minimum Gasteiger partial charge on any atom is -0.247 e. The zero-order chi connectivity index (χ0) is 4.99. The Balaban J connectivity index is 2.75. The zero-order valence-corrected chi connectivity index (χ0v) is 4.24. The van der Waals surface area contributed by atoms with E-state index in [0.717, 1.165) is 0 Å². The number of hydrogen-bond donors (Lipinski definition) is 0. The second kappa shape index (κ2) is 3.13. The molecule has 0 saturated heterocycles. The summed E-state index contributed by atoms with van der Waals surface area (Å²) in [7, 11) is 0. The van der Waals surface area contributed by atoms with Crippen LogP contribution in [0.15, 0.2) is 0 Å². The van der Waals surface area contributed by atoms with Gasteiger partial charge in [-0.15, -0.1) is 0 Å². The van der Waals surface area contributed by atoms with Gasteiger partial charge in [-0.2, -0.15) is 0 Å². The lowest BCUT2D eigenvalue weighted by atomic mass is 10.2. The van der Waals surface area contributed by atoms with Crippen molar-refractivity contribution >= 4 is 0 Å². The molecule has 0 spiro atoms. The van der Waals surface area contributed by atoms with E-state index in [1.165, 1.54) is 0 Å². The average molecular weight is 89.1 g/mol. The van der Waals surface area contributed by atoms with E-state index in [4.69, 9.17) is 0 Å². The summed E-state index contributed by atoms with van der Waals surface area (Å²) >= 11 is 0. The molecule has 0 aliphatic carbocycles. The van der Waals surface area contributed by atoms with Crippen LogP contribution in [0.5, 0.6) is 0 Å². The highest BCUT2D eigenvalue weighted by molar-refractivity contribution is 4.66. The summed E-state index contributed by atoms with van der Waals surface area (Å²) in [4.78, 5) is 0. The van der Waals surface area contributed by atoms with Crippen molar-refractivity contribution in [3.05, 3.63) is 6.42 Å². The fraction of sp³-hybridized carbons (Fsp3) is 0.800. The Morgan fingerprint density at radius 2 is 2.33 bits per heavy atom. The predicted molar refractivity (Wildman–Crippen MR) is 25.2 cm³/mol. The molecule has 0 bridgehead atoms. The van der Waals surface area contributed by atoms with E-state index in [1.807, 2.05) is 6.92 Å². The molecule has 0 nitrogen and oxygen atoms in total. The van der Waals surface area contributed by atoms with Crippen molar-refractivity contribution in [3.63, 3.8) is 0 Å². The van der Waals surface area contributed by atoms with Gasteiger partial charge in [0, 0.05) is 0 Å². The lowest BCUT2D eigenvalue weighted by molar-refractivity contribution is 0.368. The number of hydrogen-bond acceptors (Lipinski definition) is 0. The fourth-order valence-electron chi connectivity index (χ4n) is 0.236. The first-order valence-corrected chi connectivity index (χ1v) is 2.24. The summed E-state index contributed by atoms with van der Waals surface area (Å²) in [5.74, 6) is 0. The second-order valence-corrected chi connectivity index (χ2v) is 1.26. The Hall–Kier alpha value is -0.0700.